The Morgan fingerprint density at radius 2 is 1.81 bits per heavy atom. The molecule has 1 N–H and O–H groups in total. The van der Waals surface area contributed by atoms with Gasteiger partial charge in [0.1, 0.15) is 11.5 Å². The van der Waals surface area contributed by atoms with Gasteiger partial charge in [-0.05, 0) is 62.7 Å². The maximum atomic E-state index is 15.1. The predicted molar refractivity (Wildman–Crippen MR) is 156 cm³/mol. The third-order valence-electron chi connectivity index (χ3n) is 7.31. The predicted octanol–water partition coefficient (Wildman–Crippen LogP) is 6.09. The lowest BCUT2D eigenvalue weighted by Crippen LogP contribution is -2.44. The average Bonchev–Trinajstić information content (AvgIpc) is 2.97. The fraction of sp³-hybridized carbons (Fsp3) is 0.367. The summed E-state index contributed by atoms with van der Waals surface area (Å²) in [6, 6.07) is 10.2. The van der Waals surface area contributed by atoms with E-state index < -0.39 is 32.5 Å². The zero-order valence-corrected chi connectivity index (χ0v) is 24.3. The number of sulfonamides is 1. The maximum absolute atomic E-state index is 15.1. The first kappa shape index (κ1) is 30.8. The lowest BCUT2D eigenvalue weighted by atomic mass is 10.1. The molecule has 230 valence electrons. The zero-order valence-electron chi connectivity index (χ0n) is 23.5. The molecule has 8 nitrogen and oxygen atoms in total. The quantitative estimate of drug-likeness (QED) is 0.217. The minimum Gasteiger partial charge on any atom is -0.494 e. The topological polar surface area (TPSA) is 84.0 Å². The fourth-order valence-corrected chi connectivity index (χ4v) is 6.41. The Balaban J connectivity index is 1.27. The second-order valence-corrected chi connectivity index (χ2v) is 12.2. The van der Waals surface area contributed by atoms with E-state index in [0.29, 0.717) is 29.0 Å². The molecule has 5 rings (SSSR count). The number of alkyl halides is 3. The average molecular weight is 621 g/mol. The van der Waals surface area contributed by atoms with Crippen LogP contribution in [0.4, 0.5) is 23.2 Å². The molecule has 0 atom stereocenters. The van der Waals surface area contributed by atoms with Gasteiger partial charge < -0.3 is 19.3 Å². The summed E-state index contributed by atoms with van der Waals surface area (Å²) in [5.41, 5.74) is -0.878. The van der Waals surface area contributed by atoms with Gasteiger partial charge in [0.2, 0.25) is 0 Å². The first-order chi connectivity index (χ1) is 20.5. The van der Waals surface area contributed by atoms with Crippen LogP contribution in [0.1, 0.15) is 19.3 Å². The Kier molecular flexibility index (Phi) is 9.23. The number of halogens is 4. The summed E-state index contributed by atoms with van der Waals surface area (Å²) in [6.07, 6.45) is -0.626. The lowest BCUT2D eigenvalue weighted by molar-refractivity contribution is -0.0889. The van der Waals surface area contributed by atoms with Gasteiger partial charge >= 0.3 is 6.18 Å². The van der Waals surface area contributed by atoms with Crippen LogP contribution in [0.25, 0.3) is 10.9 Å². The number of likely N-dealkylation sites (N-methyl/N-ethyl adjacent to an activating group) is 1. The van der Waals surface area contributed by atoms with Gasteiger partial charge in [-0.1, -0.05) is 12.2 Å². The molecule has 1 fully saturated rings. The summed E-state index contributed by atoms with van der Waals surface area (Å²) < 4.78 is 94.6. The van der Waals surface area contributed by atoms with Crippen molar-refractivity contribution in [2.24, 2.45) is 0 Å². The summed E-state index contributed by atoms with van der Waals surface area (Å²) in [5, 5.41) is 0.584. The minimum absolute atomic E-state index is 0.139. The molecule has 13 heteroatoms. The van der Waals surface area contributed by atoms with Gasteiger partial charge in [-0.25, -0.2) is 12.8 Å². The van der Waals surface area contributed by atoms with Gasteiger partial charge in [-0.15, -0.1) is 0 Å². The zero-order chi connectivity index (χ0) is 30.6. The molecular formula is C30H32F4N4O4S. The number of nitrogens with zero attached hydrogens (tertiary/aromatic N) is 3. The molecule has 1 saturated heterocycles. The number of pyridine rings is 1. The number of aromatic nitrogens is 1. The van der Waals surface area contributed by atoms with Crippen molar-refractivity contribution in [1.82, 2.24) is 14.8 Å². The van der Waals surface area contributed by atoms with E-state index in [2.05, 4.69) is 26.6 Å². The van der Waals surface area contributed by atoms with E-state index in [0.717, 1.165) is 51.3 Å². The van der Waals surface area contributed by atoms with Crippen LogP contribution in [0.3, 0.4) is 0 Å². The Morgan fingerprint density at radius 1 is 1.02 bits per heavy atom. The highest BCUT2D eigenvalue weighted by atomic mass is 32.2. The van der Waals surface area contributed by atoms with E-state index in [4.69, 9.17) is 9.47 Å². The van der Waals surface area contributed by atoms with E-state index in [9.17, 15) is 21.6 Å². The van der Waals surface area contributed by atoms with Gasteiger partial charge in [-0.3, -0.25) is 9.71 Å². The highest BCUT2D eigenvalue weighted by molar-refractivity contribution is 7.96. The van der Waals surface area contributed by atoms with Crippen LogP contribution in [0, 0.1) is 5.82 Å². The van der Waals surface area contributed by atoms with Crippen molar-refractivity contribution in [2.75, 3.05) is 51.1 Å². The van der Waals surface area contributed by atoms with Crippen LogP contribution in [0.2, 0.25) is 0 Å². The number of fused-ring (bicyclic) bond motifs is 1. The number of anilines is 1. The summed E-state index contributed by atoms with van der Waals surface area (Å²) in [6.45, 7) is 5.66. The van der Waals surface area contributed by atoms with Crippen molar-refractivity contribution in [1.29, 1.82) is 0 Å². The fourth-order valence-electron chi connectivity index (χ4n) is 4.99. The summed E-state index contributed by atoms with van der Waals surface area (Å²) in [7, 11) is -2.47. The number of benzene rings is 2. The third kappa shape index (κ3) is 7.64. The number of hydrogen-bond acceptors (Lipinski definition) is 7. The van der Waals surface area contributed by atoms with Crippen molar-refractivity contribution < 1.29 is 35.5 Å². The van der Waals surface area contributed by atoms with Crippen molar-refractivity contribution in [3.05, 3.63) is 77.1 Å². The Morgan fingerprint density at radius 3 is 2.56 bits per heavy atom. The second-order valence-electron chi connectivity index (χ2n) is 10.5. The van der Waals surface area contributed by atoms with Crippen molar-refractivity contribution in [3.63, 3.8) is 0 Å². The summed E-state index contributed by atoms with van der Waals surface area (Å²) in [5.74, 6) is -0.201. The van der Waals surface area contributed by atoms with Crippen molar-refractivity contribution >= 4 is 26.6 Å². The third-order valence-corrected chi connectivity index (χ3v) is 8.89. The van der Waals surface area contributed by atoms with Crippen LogP contribution in [-0.4, -0.2) is 75.8 Å². The number of allylic oxidation sites excluding steroid dienone is 4. The molecule has 1 aliphatic carbocycles. The van der Waals surface area contributed by atoms with Crippen LogP contribution < -0.4 is 14.2 Å². The molecule has 0 spiro atoms. The molecule has 0 radical (unpaired) electrons. The maximum Gasteiger partial charge on any atom is 0.417 e. The first-order valence-corrected chi connectivity index (χ1v) is 15.4. The van der Waals surface area contributed by atoms with Gasteiger partial charge in [0.05, 0.1) is 28.3 Å². The van der Waals surface area contributed by atoms with Crippen molar-refractivity contribution in [2.45, 2.75) is 25.4 Å². The first-order valence-electron chi connectivity index (χ1n) is 13.9. The number of ether oxygens (including phenoxy) is 2. The molecule has 2 aliphatic rings. The standard InChI is InChI=1S/C30H32F4N4O4S/c1-37-14-16-38(17-15-37)13-4-18-41-22-8-9-26-23(20-22)27(11-12-35-26)42-28-10-7-21(19-25(28)31)36-43(39,40)29-6-3-2-5-24(29)30(32,33)34/h2,5,7-12,19-20,36H,3-4,6,13-18H2,1H3. The van der Waals surface area contributed by atoms with E-state index in [1.807, 2.05) is 0 Å². The normalized spacial score (nSPS) is 17.0. The smallest absolute Gasteiger partial charge is 0.417 e. The number of rotatable bonds is 10. The Labute approximate surface area is 247 Å². The van der Waals surface area contributed by atoms with Gasteiger partial charge in [-0.2, -0.15) is 13.2 Å². The Hall–Kier alpha value is -3.68. The highest BCUT2D eigenvalue weighted by Crippen LogP contribution is 2.37. The number of piperazine rings is 1. The molecule has 0 saturated carbocycles. The molecule has 3 aromatic rings. The van der Waals surface area contributed by atoms with Gasteiger partial charge in [0.25, 0.3) is 10.0 Å². The van der Waals surface area contributed by atoms with E-state index in [1.165, 1.54) is 24.4 Å². The molecule has 1 aliphatic heterocycles. The van der Waals surface area contributed by atoms with E-state index >= 15 is 4.39 Å². The van der Waals surface area contributed by atoms with Crippen LogP contribution >= 0.6 is 0 Å². The minimum atomic E-state index is -4.84. The van der Waals surface area contributed by atoms with Crippen LogP contribution in [0.15, 0.2) is 71.3 Å². The van der Waals surface area contributed by atoms with Crippen molar-refractivity contribution in [3.8, 4) is 17.2 Å². The van der Waals surface area contributed by atoms with Gasteiger partial charge in [0.15, 0.2) is 11.6 Å². The van der Waals surface area contributed by atoms with E-state index in [1.54, 1.807) is 24.3 Å². The molecule has 0 unspecified atom stereocenters. The summed E-state index contributed by atoms with van der Waals surface area (Å²) in [4.78, 5) is 8.26. The van der Waals surface area contributed by atoms with Crippen LogP contribution in [-0.2, 0) is 10.0 Å². The SMILES string of the molecule is CN1CCN(CCCOc2ccc3nccc(Oc4ccc(NS(=O)(=O)C5=C(C(F)(F)F)C=CCC5)cc4F)c3c2)CC1. The molecule has 0 amide bonds. The monoisotopic (exact) mass is 620 g/mol. The molecule has 43 heavy (non-hydrogen) atoms. The second kappa shape index (κ2) is 12.9. The largest absolute Gasteiger partial charge is 0.494 e. The molecule has 2 aromatic carbocycles. The summed E-state index contributed by atoms with van der Waals surface area (Å²) >= 11 is 0. The molecule has 2 heterocycles. The number of nitrogens with one attached hydrogen (secondary N) is 1. The molecular weight excluding hydrogens is 588 g/mol. The van der Waals surface area contributed by atoms with E-state index in [-0.39, 0.29) is 24.3 Å². The lowest BCUT2D eigenvalue weighted by Gasteiger charge is -2.32. The molecule has 0 bridgehead atoms. The highest BCUT2D eigenvalue weighted by Gasteiger charge is 2.39. The number of hydrogen-bond donors (Lipinski definition) is 1. The van der Waals surface area contributed by atoms with Crippen LogP contribution in [0.5, 0.6) is 17.2 Å². The van der Waals surface area contributed by atoms with Gasteiger partial charge in [0, 0.05) is 50.4 Å². The Bertz CT molecular complexity index is 1630. The molecule has 1 aromatic heterocycles.